The minimum Gasteiger partial charge on any atom is -0.366 e. The van der Waals surface area contributed by atoms with Gasteiger partial charge in [-0.15, -0.1) is 0 Å². The van der Waals surface area contributed by atoms with Crippen LogP contribution in [-0.4, -0.2) is 15.0 Å². The van der Waals surface area contributed by atoms with Gasteiger partial charge in [0.05, 0.1) is 11.0 Å². The van der Waals surface area contributed by atoms with E-state index in [0.717, 1.165) is 29.3 Å². The van der Waals surface area contributed by atoms with Gasteiger partial charge in [0.15, 0.2) is 0 Å². The minimum absolute atomic E-state index is 0.737. The maximum atomic E-state index is 4.52. The second kappa shape index (κ2) is 5.72. The standard InChI is InChI=1S/C18H18N4/c1-2-14(3-1)15-5-7-18(22-12-15)21-11-13-4-6-16-17(10-13)20-9-8-19-16/h4-10,12,14H,1-3,11H2,(H,21,22). The van der Waals surface area contributed by atoms with Crippen LogP contribution in [0.15, 0.2) is 48.9 Å². The van der Waals surface area contributed by atoms with Crippen LogP contribution in [0, 0.1) is 0 Å². The van der Waals surface area contributed by atoms with Gasteiger partial charge in [0.1, 0.15) is 5.82 Å². The zero-order valence-corrected chi connectivity index (χ0v) is 12.4. The molecule has 0 atom stereocenters. The molecule has 4 heteroatoms. The van der Waals surface area contributed by atoms with E-state index in [1.165, 1.54) is 30.4 Å². The first-order valence-electron chi connectivity index (χ1n) is 7.78. The summed E-state index contributed by atoms with van der Waals surface area (Å²) in [5.41, 5.74) is 4.40. The Kier molecular flexibility index (Phi) is 3.43. The van der Waals surface area contributed by atoms with Crippen molar-refractivity contribution < 1.29 is 0 Å². The maximum absolute atomic E-state index is 4.52. The van der Waals surface area contributed by atoms with Crippen molar-refractivity contribution in [3.8, 4) is 0 Å². The lowest BCUT2D eigenvalue weighted by Crippen LogP contribution is -2.09. The van der Waals surface area contributed by atoms with Gasteiger partial charge in [0, 0.05) is 25.1 Å². The number of aromatic nitrogens is 3. The maximum Gasteiger partial charge on any atom is 0.126 e. The molecule has 22 heavy (non-hydrogen) atoms. The number of rotatable bonds is 4. The van der Waals surface area contributed by atoms with Crippen LogP contribution in [-0.2, 0) is 6.54 Å². The molecule has 0 unspecified atom stereocenters. The second-order valence-electron chi connectivity index (χ2n) is 5.84. The number of pyridine rings is 1. The van der Waals surface area contributed by atoms with Crippen LogP contribution in [0.4, 0.5) is 5.82 Å². The normalized spacial score (nSPS) is 14.7. The number of anilines is 1. The van der Waals surface area contributed by atoms with E-state index in [1.54, 1.807) is 12.4 Å². The number of benzene rings is 1. The molecule has 0 radical (unpaired) electrons. The minimum atomic E-state index is 0.737. The molecule has 0 bridgehead atoms. The van der Waals surface area contributed by atoms with Gasteiger partial charge >= 0.3 is 0 Å². The summed E-state index contributed by atoms with van der Waals surface area (Å²) < 4.78 is 0. The van der Waals surface area contributed by atoms with Gasteiger partial charge < -0.3 is 5.32 Å². The lowest BCUT2D eigenvalue weighted by molar-refractivity contribution is 0.419. The molecule has 0 saturated heterocycles. The van der Waals surface area contributed by atoms with E-state index >= 15 is 0 Å². The highest BCUT2D eigenvalue weighted by Crippen LogP contribution is 2.36. The van der Waals surface area contributed by atoms with Crippen LogP contribution >= 0.6 is 0 Å². The van der Waals surface area contributed by atoms with Gasteiger partial charge in [-0.3, -0.25) is 9.97 Å². The fourth-order valence-corrected chi connectivity index (χ4v) is 2.80. The van der Waals surface area contributed by atoms with E-state index in [1.807, 2.05) is 12.3 Å². The Morgan fingerprint density at radius 3 is 2.55 bits per heavy atom. The molecule has 4 nitrogen and oxygen atoms in total. The summed E-state index contributed by atoms with van der Waals surface area (Å²) >= 11 is 0. The quantitative estimate of drug-likeness (QED) is 0.791. The van der Waals surface area contributed by atoms with Crippen LogP contribution in [0.25, 0.3) is 11.0 Å². The lowest BCUT2D eigenvalue weighted by atomic mass is 9.81. The SMILES string of the molecule is c1cnc2cc(CNc3ccc(C4CCC4)cn3)ccc2n1. The predicted octanol–water partition coefficient (Wildman–Crippen LogP) is 3.90. The van der Waals surface area contributed by atoms with Gasteiger partial charge in [-0.05, 0) is 48.1 Å². The first kappa shape index (κ1) is 13.2. The third kappa shape index (κ3) is 2.64. The molecule has 2 heterocycles. The highest BCUT2D eigenvalue weighted by Gasteiger charge is 2.19. The van der Waals surface area contributed by atoms with Crippen molar-refractivity contribution in [2.24, 2.45) is 0 Å². The average molecular weight is 290 g/mol. The molecule has 1 aromatic carbocycles. The third-order valence-corrected chi connectivity index (χ3v) is 4.37. The number of hydrogen-bond donors (Lipinski definition) is 1. The summed E-state index contributed by atoms with van der Waals surface area (Å²) in [6.45, 7) is 0.738. The van der Waals surface area contributed by atoms with Crippen molar-refractivity contribution in [2.75, 3.05) is 5.32 Å². The summed E-state index contributed by atoms with van der Waals surface area (Å²) in [6, 6.07) is 10.4. The Balaban J connectivity index is 1.44. The van der Waals surface area contributed by atoms with Crippen LogP contribution in [0.5, 0.6) is 0 Å². The Morgan fingerprint density at radius 2 is 1.82 bits per heavy atom. The number of nitrogens with zero attached hydrogens (tertiary/aromatic N) is 3. The summed E-state index contributed by atoms with van der Waals surface area (Å²) in [5.74, 6) is 1.66. The lowest BCUT2D eigenvalue weighted by Gasteiger charge is -2.25. The smallest absolute Gasteiger partial charge is 0.126 e. The van der Waals surface area contributed by atoms with E-state index in [9.17, 15) is 0 Å². The molecular formula is C18H18N4. The molecular weight excluding hydrogens is 272 g/mol. The van der Waals surface area contributed by atoms with Crippen molar-refractivity contribution >= 4 is 16.9 Å². The number of hydrogen-bond acceptors (Lipinski definition) is 4. The van der Waals surface area contributed by atoms with Crippen LogP contribution in [0.3, 0.4) is 0 Å². The van der Waals surface area contributed by atoms with Crippen molar-refractivity contribution in [3.05, 3.63) is 60.0 Å². The summed E-state index contributed by atoms with van der Waals surface area (Å²) in [5, 5.41) is 3.37. The van der Waals surface area contributed by atoms with Crippen molar-refractivity contribution in [1.82, 2.24) is 15.0 Å². The van der Waals surface area contributed by atoms with Crippen LogP contribution in [0.1, 0.15) is 36.3 Å². The Hall–Kier alpha value is -2.49. The second-order valence-corrected chi connectivity index (χ2v) is 5.84. The zero-order chi connectivity index (χ0) is 14.8. The highest BCUT2D eigenvalue weighted by molar-refractivity contribution is 5.74. The van der Waals surface area contributed by atoms with E-state index in [0.29, 0.717) is 0 Å². The fraction of sp³-hybridized carbons (Fsp3) is 0.278. The van der Waals surface area contributed by atoms with Crippen molar-refractivity contribution in [3.63, 3.8) is 0 Å². The Bertz CT molecular complexity index is 778. The van der Waals surface area contributed by atoms with E-state index < -0.39 is 0 Å². The van der Waals surface area contributed by atoms with E-state index in [-0.39, 0.29) is 0 Å². The van der Waals surface area contributed by atoms with Crippen molar-refractivity contribution in [1.29, 1.82) is 0 Å². The molecule has 1 aliphatic carbocycles. The first-order chi connectivity index (χ1) is 10.9. The van der Waals surface area contributed by atoms with E-state index in [4.69, 9.17) is 0 Å². The highest BCUT2D eigenvalue weighted by atomic mass is 15.0. The first-order valence-corrected chi connectivity index (χ1v) is 7.78. The molecule has 0 amide bonds. The van der Waals surface area contributed by atoms with Crippen LogP contribution < -0.4 is 5.32 Å². The van der Waals surface area contributed by atoms with Gasteiger partial charge in [-0.25, -0.2) is 4.98 Å². The molecule has 1 N–H and O–H groups in total. The fourth-order valence-electron chi connectivity index (χ4n) is 2.80. The Labute approximate surface area is 129 Å². The largest absolute Gasteiger partial charge is 0.366 e. The summed E-state index contributed by atoms with van der Waals surface area (Å²) in [7, 11) is 0. The molecule has 4 rings (SSSR count). The topological polar surface area (TPSA) is 50.7 Å². The Morgan fingerprint density at radius 1 is 0.955 bits per heavy atom. The third-order valence-electron chi connectivity index (χ3n) is 4.37. The predicted molar refractivity (Wildman–Crippen MR) is 87.7 cm³/mol. The molecule has 1 saturated carbocycles. The average Bonchev–Trinajstić information content (AvgIpc) is 2.52. The molecule has 110 valence electrons. The molecule has 0 aliphatic heterocycles. The molecule has 1 fully saturated rings. The van der Waals surface area contributed by atoms with Gasteiger partial charge in [-0.1, -0.05) is 18.6 Å². The molecule has 2 aromatic heterocycles. The molecule has 0 spiro atoms. The molecule has 1 aliphatic rings. The van der Waals surface area contributed by atoms with Gasteiger partial charge in [-0.2, -0.15) is 0 Å². The van der Waals surface area contributed by atoms with E-state index in [2.05, 4.69) is 44.5 Å². The van der Waals surface area contributed by atoms with Crippen molar-refractivity contribution in [2.45, 2.75) is 31.7 Å². The van der Waals surface area contributed by atoms with Crippen LogP contribution in [0.2, 0.25) is 0 Å². The number of nitrogens with one attached hydrogen (secondary N) is 1. The summed E-state index contributed by atoms with van der Waals surface area (Å²) in [6.07, 6.45) is 9.43. The summed E-state index contributed by atoms with van der Waals surface area (Å²) in [4.78, 5) is 13.1. The zero-order valence-electron chi connectivity index (χ0n) is 12.4. The monoisotopic (exact) mass is 290 g/mol. The van der Waals surface area contributed by atoms with Gasteiger partial charge in [0.25, 0.3) is 0 Å². The van der Waals surface area contributed by atoms with Gasteiger partial charge in [0.2, 0.25) is 0 Å². The molecule has 3 aromatic rings. The number of fused-ring (bicyclic) bond motifs is 1.